The van der Waals surface area contributed by atoms with E-state index in [1.165, 1.54) is 5.56 Å². The van der Waals surface area contributed by atoms with Crippen LogP contribution in [0.5, 0.6) is 5.75 Å². The van der Waals surface area contributed by atoms with Crippen molar-refractivity contribution in [1.29, 1.82) is 5.26 Å². The van der Waals surface area contributed by atoms with Crippen molar-refractivity contribution in [3.63, 3.8) is 0 Å². The fourth-order valence-corrected chi connectivity index (χ4v) is 2.32. The van der Waals surface area contributed by atoms with E-state index < -0.39 is 0 Å². The molecule has 3 nitrogen and oxygen atoms in total. The van der Waals surface area contributed by atoms with Crippen LogP contribution in [0.1, 0.15) is 24.8 Å². The molecule has 1 N–H and O–H groups in total. The van der Waals surface area contributed by atoms with Crippen LogP contribution in [0.2, 0.25) is 0 Å². The molecule has 0 saturated carbocycles. The minimum atomic E-state index is -0.292. The monoisotopic (exact) mass is 230 g/mol. The number of nitrogens with zero attached hydrogens (tertiary/aromatic N) is 1. The van der Waals surface area contributed by atoms with Gasteiger partial charge in [0.2, 0.25) is 0 Å². The molecule has 0 aliphatic carbocycles. The molecule has 90 valence electrons. The van der Waals surface area contributed by atoms with Gasteiger partial charge in [0.15, 0.2) is 0 Å². The Bertz CT molecular complexity index is 399. The first-order valence-electron chi connectivity index (χ1n) is 6.07. The molecule has 1 unspecified atom stereocenters. The first kappa shape index (κ1) is 11.9. The average Bonchev–Trinajstić information content (AvgIpc) is 2.86. The van der Waals surface area contributed by atoms with Gasteiger partial charge in [-0.05, 0) is 49.9 Å². The van der Waals surface area contributed by atoms with Crippen molar-refractivity contribution >= 4 is 0 Å². The Hall–Kier alpha value is -1.53. The summed E-state index contributed by atoms with van der Waals surface area (Å²) >= 11 is 0. The zero-order chi connectivity index (χ0) is 12.1. The Morgan fingerprint density at radius 2 is 2.18 bits per heavy atom. The molecule has 1 heterocycles. The Kier molecular flexibility index (Phi) is 3.65. The van der Waals surface area contributed by atoms with E-state index in [0.717, 1.165) is 38.0 Å². The fourth-order valence-electron chi connectivity index (χ4n) is 2.32. The van der Waals surface area contributed by atoms with Gasteiger partial charge >= 0.3 is 0 Å². The van der Waals surface area contributed by atoms with Crippen LogP contribution in [0.25, 0.3) is 0 Å². The number of ether oxygens (including phenoxy) is 1. The van der Waals surface area contributed by atoms with Gasteiger partial charge in [-0.25, -0.2) is 0 Å². The fraction of sp³-hybridized carbons (Fsp3) is 0.500. The maximum atomic E-state index is 9.24. The number of benzene rings is 1. The predicted molar refractivity (Wildman–Crippen MR) is 66.9 cm³/mol. The van der Waals surface area contributed by atoms with Gasteiger partial charge in [-0.2, -0.15) is 5.26 Å². The molecule has 0 aromatic heterocycles. The standard InChI is InChI=1S/C14H18N2O/c1-17-13-5-3-12(4-6-13)7-9-14(11-15)8-2-10-16-14/h3-6,16H,2,7-10H2,1H3. The summed E-state index contributed by atoms with van der Waals surface area (Å²) in [5.74, 6) is 0.878. The molecule has 1 saturated heterocycles. The Morgan fingerprint density at radius 3 is 2.71 bits per heavy atom. The highest BCUT2D eigenvalue weighted by molar-refractivity contribution is 5.27. The van der Waals surface area contributed by atoms with E-state index in [9.17, 15) is 5.26 Å². The van der Waals surface area contributed by atoms with Gasteiger partial charge < -0.3 is 4.74 Å². The van der Waals surface area contributed by atoms with Crippen LogP contribution in [-0.4, -0.2) is 19.2 Å². The first-order chi connectivity index (χ1) is 8.28. The molecule has 1 fully saturated rings. The van der Waals surface area contributed by atoms with Crippen LogP contribution in [0.4, 0.5) is 0 Å². The second-order valence-corrected chi connectivity index (χ2v) is 4.57. The molecule has 0 amide bonds. The van der Waals surface area contributed by atoms with Crippen LogP contribution in [0.3, 0.4) is 0 Å². The topological polar surface area (TPSA) is 45.0 Å². The number of hydrogen-bond acceptors (Lipinski definition) is 3. The van der Waals surface area contributed by atoms with Crippen LogP contribution < -0.4 is 10.1 Å². The maximum absolute atomic E-state index is 9.24. The molecule has 0 radical (unpaired) electrons. The van der Waals surface area contributed by atoms with Crippen molar-refractivity contribution in [1.82, 2.24) is 5.32 Å². The van der Waals surface area contributed by atoms with Gasteiger partial charge in [-0.1, -0.05) is 12.1 Å². The summed E-state index contributed by atoms with van der Waals surface area (Å²) in [6, 6.07) is 10.5. The van der Waals surface area contributed by atoms with Gasteiger partial charge in [0.05, 0.1) is 13.2 Å². The van der Waals surface area contributed by atoms with E-state index in [0.29, 0.717) is 0 Å². The molecule has 1 atom stereocenters. The highest BCUT2D eigenvalue weighted by atomic mass is 16.5. The first-order valence-corrected chi connectivity index (χ1v) is 6.07. The largest absolute Gasteiger partial charge is 0.497 e. The summed E-state index contributed by atoms with van der Waals surface area (Å²) in [5, 5.41) is 12.6. The molecule has 1 aliphatic heterocycles. The zero-order valence-corrected chi connectivity index (χ0v) is 10.2. The molecule has 1 aliphatic rings. The molecule has 1 aromatic rings. The molecule has 0 spiro atoms. The Balaban J connectivity index is 1.95. The maximum Gasteiger partial charge on any atom is 0.118 e. The lowest BCUT2D eigenvalue weighted by Crippen LogP contribution is -2.38. The average molecular weight is 230 g/mol. The molecule has 3 heteroatoms. The van der Waals surface area contributed by atoms with E-state index in [4.69, 9.17) is 4.74 Å². The van der Waals surface area contributed by atoms with Crippen molar-refractivity contribution in [2.45, 2.75) is 31.2 Å². The summed E-state index contributed by atoms with van der Waals surface area (Å²) < 4.78 is 5.12. The Labute approximate surface area is 102 Å². The summed E-state index contributed by atoms with van der Waals surface area (Å²) in [5.41, 5.74) is 0.967. The Morgan fingerprint density at radius 1 is 1.41 bits per heavy atom. The quantitative estimate of drug-likeness (QED) is 0.863. The minimum Gasteiger partial charge on any atom is -0.497 e. The lowest BCUT2D eigenvalue weighted by Gasteiger charge is -2.20. The van der Waals surface area contributed by atoms with Gasteiger partial charge in [-0.15, -0.1) is 0 Å². The van der Waals surface area contributed by atoms with Crippen molar-refractivity contribution in [2.75, 3.05) is 13.7 Å². The molecule has 17 heavy (non-hydrogen) atoms. The van der Waals surface area contributed by atoms with E-state index in [1.807, 2.05) is 12.1 Å². The van der Waals surface area contributed by atoms with Crippen LogP contribution in [0.15, 0.2) is 24.3 Å². The van der Waals surface area contributed by atoms with E-state index in [1.54, 1.807) is 7.11 Å². The molecule has 0 bridgehead atoms. The minimum absolute atomic E-state index is 0.292. The third-order valence-electron chi connectivity index (χ3n) is 3.46. The second kappa shape index (κ2) is 5.20. The molecular formula is C14H18N2O. The van der Waals surface area contributed by atoms with Gasteiger partial charge in [0, 0.05) is 0 Å². The van der Waals surface area contributed by atoms with Gasteiger partial charge in [0.25, 0.3) is 0 Å². The van der Waals surface area contributed by atoms with Gasteiger partial charge in [-0.3, -0.25) is 5.32 Å². The van der Waals surface area contributed by atoms with Crippen molar-refractivity contribution in [2.24, 2.45) is 0 Å². The number of nitrogens with one attached hydrogen (secondary N) is 1. The summed E-state index contributed by atoms with van der Waals surface area (Å²) in [4.78, 5) is 0. The zero-order valence-electron chi connectivity index (χ0n) is 10.2. The van der Waals surface area contributed by atoms with Crippen molar-refractivity contribution in [3.8, 4) is 11.8 Å². The van der Waals surface area contributed by atoms with Crippen LogP contribution in [0, 0.1) is 11.3 Å². The summed E-state index contributed by atoms with van der Waals surface area (Å²) in [6.45, 7) is 0.968. The van der Waals surface area contributed by atoms with Crippen molar-refractivity contribution in [3.05, 3.63) is 29.8 Å². The molecular weight excluding hydrogens is 212 g/mol. The van der Waals surface area contributed by atoms with Gasteiger partial charge in [0.1, 0.15) is 11.3 Å². The highest BCUT2D eigenvalue weighted by Crippen LogP contribution is 2.24. The normalized spacial score (nSPS) is 23.3. The van der Waals surface area contributed by atoms with E-state index in [2.05, 4.69) is 23.5 Å². The molecule has 2 rings (SSSR count). The van der Waals surface area contributed by atoms with E-state index >= 15 is 0 Å². The number of aryl methyl sites for hydroxylation is 1. The number of rotatable bonds is 4. The third-order valence-corrected chi connectivity index (χ3v) is 3.46. The highest BCUT2D eigenvalue weighted by Gasteiger charge is 2.32. The van der Waals surface area contributed by atoms with Crippen molar-refractivity contribution < 1.29 is 4.74 Å². The van der Waals surface area contributed by atoms with Crippen LogP contribution in [-0.2, 0) is 6.42 Å². The molecule has 1 aromatic carbocycles. The predicted octanol–water partition coefficient (Wildman–Crippen LogP) is 2.27. The second-order valence-electron chi connectivity index (χ2n) is 4.57. The number of nitriles is 1. The number of methoxy groups -OCH3 is 1. The number of hydrogen-bond donors (Lipinski definition) is 1. The SMILES string of the molecule is COc1ccc(CCC2(C#N)CCCN2)cc1. The van der Waals surface area contributed by atoms with E-state index in [-0.39, 0.29) is 5.54 Å². The summed E-state index contributed by atoms with van der Waals surface area (Å²) in [7, 11) is 1.67. The lowest BCUT2D eigenvalue weighted by atomic mass is 9.91. The summed E-state index contributed by atoms with van der Waals surface area (Å²) in [6.07, 6.45) is 3.90. The third kappa shape index (κ3) is 2.78. The smallest absolute Gasteiger partial charge is 0.118 e. The van der Waals surface area contributed by atoms with Crippen LogP contribution >= 0.6 is 0 Å². The lowest BCUT2D eigenvalue weighted by molar-refractivity contribution is 0.414.